The molecule has 0 spiro atoms. The molecule has 10 heteroatoms. The van der Waals surface area contributed by atoms with Crippen molar-refractivity contribution in [3.63, 3.8) is 0 Å². The van der Waals surface area contributed by atoms with Crippen LogP contribution in [0.25, 0.3) is 0 Å². The normalized spacial score (nSPS) is 13.7. The predicted molar refractivity (Wildman–Crippen MR) is 170 cm³/mol. The lowest BCUT2D eigenvalue weighted by atomic mass is 9.98. The largest absolute Gasteiger partial charge is 0.465 e. The van der Waals surface area contributed by atoms with Gasteiger partial charge < -0.3 is 31.1 Å². The summed E-state index contributed by atoms with van der Waals surface area (Å²) in [6.45, 7) is 9.07. The first-order valence-corrected chi connectivity index (χ1v) is 16.2. The van der Waals surface area contributed by atoms with Crippen molar-refractivity contribution < 1.29 is 29.0 Å². The van der Waals surface area contributed by atoms with Gasteiger partial charge in [-0.3, -0.25) is 9.59 Å². The summed E-state index contributed by atoms with van der Waals surface area (Å²) in [5.41, 5.74) is 0.894. The number of unbranched alkanes of at least 4 members (excludes halogenated alkanes) is 9. The number of benzene rings is 1. The van der Waals surface area contributed by atoms with E-state index in [9.17, 15) is 19.2 Å². The quantitative estimate of drug-likeness (QED) is 0.0948. The standard InChI is InChI=1S/C33H56N4O6/c1-5-25(3)28(36-32(40)41)30(38)34-22-18-13-11-9-7-8-10-12-14-19-23-35-31(39)29(26(4)6-2)37-33(42)43-24-27-20-16-15-17-21-27/h15-17,20-21,25-26,28-29,36H,5-14,18-19,22-24H2,1-4H3,(H,34,38)(H,35,39)(H,37,42)(H,40,41). The summed E-state index contributed by atoms with van der Waals surface area (Å²) in [5.74, 6) is -0.478. The van der Waals surface area contributed by atoms with E-state index in [1.54, 1.807) is 0 Å². The Kier molecular flexibility index (Phi) is 20.3. The molecule has 4 atom stereocenters. The molecule has 0 saturated carbocycles. The van der Waals surface area contributed by atoms with Crippen LogP contribution in [-0.4, -0.2) is 54.3 Å². The molecule has 0 aliphatic carbocycles. The van der Waals surface area contributed by atoms with Crippen LogP contribution in [0.15, 0.2) is 30.3 Å². The van der Waals surface area contributed by atoms with Gasteiger partial charge in [0.1, 0.15) is 18.7 Å². The predicted octanol–water partition coefficient (Wildman–Crippen LogP) is 6.14. The Bertz CT molecular complexity index is 929. The second-order valence-corrected chi connectivity index (χ2v) is 11.5. The Hall–Kier alpha value is -3.30. The Morgan fingerprint density at radius 3 is 1.51 bits per heavy atom. The second-order valence-electron chi connectivity index (χ2n) is 11.5. The van der Waals surface area contributed by atoms with Crippen LogP contribution in [0.2, 0.25) is 0 Å². The average molecular weight is 605 g/mol. The third-order valence-corrected chi connectivity index (χ3v) is 7.96. The Balaban J connectivity index is 2.09. The van der Waals surface area contributed by atoms with Crippen molar-refractivity contribution >= 4 is 24.0 Å². The van der Waals surface area contributed by atoms with E-state index in [1.807, 2.05) is 58.0 Å². The zero-order valence-corrected chi connectivity index (χ0v) is 26.8. The van der Waals surface area contributed by atoms with Gasteiger partial charge in [0.15, 0.2) is 0 Å². The second kappa shape index (κ2) is 23.2. The van der Waals surface area contributed by atoms with E-state index in [1.165, 1.54) is 19.3 Å². The molecular weight excluding hydrogens is 548 g/mol. The lowest BCUT2D eigenvalue weighted by Gasteiger charge is -2.23. The van der Waals surface area contributed by atoms with Crippen molar-refractivity contribution in [2.75, 3.05) is 13.1 Å². The van der Waals surface area contributed by atoms with Crippen LogP contribution in [0.4, 0.5) is 9.59 Å². The summed E-state index contributed by atoms with van der Waals surface area (Å²) in [5, 5.41) is 19.9. The molecule has 0 aromatic heterocycles. The highest BCUT2D eigenvalue weighted by atomic mass is 16.5. The summed E-state index contributed by atoms with van der Waals surface area (Å²) < 4.78 is 5.30. The van der Waals surface area contributed by atoms with Gasteiger partial charge in [0.05, 0.1) is 0 Å². The van der Waals surface area contributed by atoms with Crippen LogP contribution in [0, 0.1) is 11.8 Å². The fourth-order valence-corrected chi connectivity index (χ4v) is 4.74. The highest BCUT2D eigenvalue weighted by Gasteiger charge is 2.26. The molecule has 0 aliphatic heterocycles. The van der Waals surface area contributed by atoms with Crippen molar-refractivity contribution in [2.45, 2.75) is 123 Å². The number of ether oxygens (including phenoxy) is 1. The first-order valence-electron chi connectivity index (χ1n) is 16.2. The lowest BCUT2D eigenvalue weighted by Crippen LogP contribution is -2.50. The summed E-state index contributed by atoms with van der Waals surface area (Å²) in [4.78, 5) is 48.3. The average Bonchev–Trinajstić information content (AvgIpc) is 3.00. The Morgan fingerprint density at radius 2 is 1.09 bits per heavy atom. The first kappa shape index (κ1) is 37.7. The van der Waals surface area contributed by atoms with Crippen molar-refractivity contribution in [2.24, 2.45) is 11.8 Å². The van der Waals surface area contributed by atoms with Gasteiger partial charge in [0, 0.05) is 13.1 Å². The van der Waals surface area contributed by atoms with Gasteiger partial charge in [-0.2, -0.15) is 0 Å². The highest BCUT2D eigenvalue weighted by Crippen LogP contribution is 2.12. The molecule has 0 radical (unpaired) electrons. The van der Waals surface area contributed by atoms with Crippen molar-refractivity contribution in [1.29, 1.82) is 0 Å². The Morgan fingerprint density at radius 1 is 0.674 bits per heavy atom. The van der Waals surface area contributed by atoms with Crippen LogP contribution < -0.4 is 21.3 Å². The van der Waals surface area contributed by atoms with E-state index in [4.69, 9.17) is 9.84 Å². The lowest BCUT2D eigenvalue weighted by molar-refractivity contribution is -0.125. The molecule has 1 aromatic rings. The van der Waals surface area contributed by atoms with Crippen LogP contribution in [0.5, 0.6) is 0 Å². The Labute approximate surface area is 258 Å². The van der Waals surface area contributed by atoms with Gasteiger partial charge in [-0.15, -0.1) is 0 Å². The van der Waals surface area contributed by atoms with E-state index >= 15 is 0 Å². The molecule has 0 saturated heterocycles. The number of alkyl carbamates (subject to hydrolysis) is 1. The number of rotatable bonds is 23. The van der Waals surface area contributed by atoms with Crippen LogP contribution in [-0.2, 0) is 20.9 Å². The maximum atomic E-state index is 12.8. The van der Waals surface area contributed by atoms with Gasteiger partial charge >= 0.3 is 12.2 Å². The zero-order valence-electron chi connectivity index (χ0n) is 26.8. The van der Waals surface area contributed by atoms with E-state index in [0.717, 1.165) is 63.4 Å². The molecule has 4 unspecified atom stereocenters. The summed E-state index contributed by atoms with van der Waals surface area (Å²) in [6.07, 6.45) is 10.6. The van der Waals surface area contributed by atoms with Gasteiger partial charge in [0.2, 0.25) is 11.8 Å². The van der Waals surface area contributed by atoms with Crippen LogP contribution in [0.1, 0.15) is 110 Å². The van der Waals surface area contributed by atoms with Crippen LogP contribution >= 0.6 is 0 Å². The number of carbonyl (C=O) groups is 4. The first-order chi connectivity index (χ1) is 20.7. The molecule has 244 valence electrons. The summed E-state index contributed by atoms with van der Waals surface area (Å²) >= 11 is 0. The van der Waals surface area contributed by atoms with Crippen molar-refractivity contribution in [1.82, 2.24) is 21.3 Å². The van der Waals surface area contributed by atoms with Crippen LogP contribution in [0.3, 0.4) is 0 Å². The number of hydrogen-bond donors (Lipinski definition) is 5. The van der Waals surface area contributed by atoms with E-state index in [2.05, 4.69) is 21.3 Å². The van der Waals surface area contributed by atoms with Crippen molar-refractivity contribution in [3.8, 4) is 0 Å². The summed E-state index contributed by atoms with van der Waals surface area (Å²) in [6, 6.07) is 8.11. The highest BCUT2D eigenvalue weighted by molar-refractivity contribution is 5.86. The maximum Gasteiger partial charge on any atom is 0.408 e. The van der Waals surface area contributed by atoms with Gasteiger partial charge in [-0.25, -0.2) is 9.59 Å². The third-order valence-electron chi connectivity index (χ3n) is 7.96. The molecule has 0 heterocycles. The van der Waals surface area contributed by atoms with E-state index in [0.29, 0.717) is 13.1 Å². The monoisotopic (exact) mass is 604 g/mol. The molecule has 0 bridgehead atoms. The maximum absolute atomic E-state index is 12.8. The molecule has 4 amide bonds. The minimum Gasteiger partial charge on any atom is -0.465 e. The summed E-state index contributed by atoms with van der Waals surface area (Å²) in [7, 11) is 0. The molecule has 1 aromatic carbocycles. The molecule has 0 aliphatic rings. The smallest absolute Gasteiger partial charge is 0.408 e. The number of nitrogens with one attached hydrogen (secondary N) is 4. The van der Waals surface area contributed by atoms with Gasteiger partial charge in [0.25, 0.3) is 0 Å². The number of carboxylic acid groups (broad SMARTS) is 1. The molecular formula is C33H56N4O6. The minimum absolute atomic E-state index is 0.00823. The number of amides is 4. The molecule has 10 nitrogen and oxygen atoms in total. The van der Waals surface area contributed by atoms with Gasteiger partial charge in [-0.1, -0.05) is 122 Å². The number of hydrogen-bond acceptors (Lipinski definition) is 5. The third kappa shape index (κ3) is 17.4. The fourth-order valence-electron chi connectivity index (χ4n) is 4.74. The topological polar surface area (TPSA) is 146 Å². The zero-order chi connectivity index (χ0) is 31.9. The minimum atomic E-state index is -1.18. The fraction of sp³-hybridized carbons (Fsp3) is 0.697. The molecule has 43 heavy (non-hydrogen) atoms. The number of carbonyl (C=O) groups excluding carboxylic acids is 3. The molecule has 5 N–H and O–H groups in total. The molecule has 0 fully saturated rings. The van der Waals surface area contributed by atoms with E-state index in [-0.39, 0.29) is 30.3 Å². The van der Waals surface area contributed by atoms with Gasteiger partial charge in [-0.05, 0) is 30.2 Å². The van der Waals surface area contributed by atoms with E-state index < -0.39 is 24.3 Å². The van der Waals surface area contributed by atoms with Crippen molar-refractivity contribution in [3.05, 3.63) is 35.9 Å². The molecule has 1 rings (SSSR count). The SMILES string of the molecule is CCC(C)C(NC(=O)O)C(=O)NCCCCCCCCCCCCNC(=O)C(NC(=O)OCc1ccccc1)C(C)CC.